The minimum absolute atomic E-state index is 0.0279. The predicted octanol–water partition coefficient (Wildman–Crippen LogP) is -0.954. The van der Waals surface area contributed by atoms with Gasteiger partial charge in [-0.2, -0.15) is 0 Å². The lowest BCUT2D eigenvalue weighted by Gasteiger charge is -2.39. The number of fused-ring (bicyclic) bond motifs is 2. The summed E-state index contributed by atoms with van der Waals surface area (Å²) >= 11 is 0. The zero-order chi connectivity index (χ0) is 21.8. The van der Waals surface area contributed by atoms with E-state index in [-0.39, 0.29) is 11.3 Å². The Balaban J connectivity index is 1.69. The Bertz CT molecular complexity index is 991. The molecule has 10 heteroatoms. The van der Waals surface area contributed by atoms with Crippen LogP contribution in [0.3, 0.4) is 0 Å². The summed E-state index contributed by atoms with van der Waals surface area (Å²) in [6, 6.07) is 4.29. The van der Waals surface area contributed by atoms with Gasteiger partial charge in [0.1, 0.15) is 47.6 Å². The first-order valence-electron chi connectivity index (χ1n) is 9.55. The highest BCUT2D eigenvalue weighted by Crippen LogP contribution is 2.38. The lowest BCUT2D eigenvalue weighted by Crippen LogP contribution is -2.60. The van der Waals surface area contributed by atoms with Gasteiger partial charge in [0.25, 0.3) is 0 Å². The maximum atomic E-state index is 12.0. The van der Waals surface area contributed by atoms with E-state index in [0.717, 1.165) is 11.6 Å². The fourth-order valence-corrected chi connectivity index (χ4v) is 3.65. The Morgan fingerprint density at radius 1 is 1.13 bits per heavy atom. The molecular weight excluding hydrogens is 400 g/mol. The maximum Gasteiger partial charge on any atom is 0.339 e. The molecular formula is C20H24O10. The van der Waals surface area contributed by atoms with Crippen molar-refractivity contribution in [1.29, 1.82) is 0 Å². The highest BCUT2D eigenvalue weighted by atomic mass is 16.7. The van der Waals surface area contributed by atoms with Crippen molar-refractivity contribution < 1.29 is 44.2 Å². The van der Waals surface area contributed by atoms with Gasteiger partial charge in [0, 0.05) is 12.5 Å². The third-order valence-corrected chi connectivity index (χ3v) is 5.44. The van der Waals surface area contributed by atoms with Gasteiger partial charge in [-0.3, -0.25) is 0 Å². The lowest BCUT2D eigenvalue weighted by molar-refractivity contribution is -0.277. The average Bonchev–Trinajstić information content (AvgIpc) is 3.10. The number of hydrogen-bond donors (Lipinski definition) is 5. The van der Waals surface area contributed by atoms with Gasteiger partial charge in [0.05, 0.1) is 23.7 Å². The van der Waals surface area contributed by atoms with Crippen molar-refractivity contribution in [2.75, 3.05) is 6.61 Å². The number of ether oxygens (including phenoxy) is 3. The molecule has 0 bridgehead atoms. The summed E-state index contributed by atoms with van der Waals surface area (Å²) in [5.74, 6) is 0.503. The number of rotatable bonds is 4. The van der Waals surface area contributed by atoms with Gasteiger partial charge in [0.15, 0.2) is 0 Å². The van der Waals surface area contributed by atoms with Crippen LogP contribution in [-0.4, -0.2) is 74.6 Å². The highest BCUT2D eigenvalue weighted by molar-refractivity contribution is 5.85. The predicted molar refractivity (Wildman–Crippen MR) is 101 cm³/mol. The number of aliphatic hydroxyl groups excluding tert-OH is 4. The standard InChI is InChI=1S/C20H24O10/c1-20(2,26)14-4-8-3-9-11(5-10(8)27-14)28-15(22)6-12(9)29-19-18(25)17(24)16(23)13(7-21)30-19/h3,5-6,13-14,16-19,21,23-26H,4,7H2,1-2H3/t13-,14-,16-,17+,18-,19-/m1/s1. The first-order valence-corrected chi connectivity index (χ1v) is 9.55. The molecule has 5 N–H and O–H groups in total. The molecule has 30 heavy (non-hydrogen) atoms. The molecule has 0 amide bonds. The molecule has 0 unspecified atom stereocenters. The van der Waals surface area contributed by atoms with Crippen LogP contribution in [0.15, 0.2) is 27.4 Å². The molecule has 164 valence electrons. The summed E-state index contributed by atoms with van der Waals surface area (Å²) in [4.78, 5) is 12.0. The normalized spacial score (nSPS) is 31.4. The van der Waals surface area contributed by atoms with Crippen molar-refractivity contribution >= 4 is 11.0 Å². The molecule has 6 atom stereocenters. The topological polar surface area (TPSA) is 159 Å². The summed E-state index contributed by atoms with van der Waals surface area (Å²) in [7, 11) is 0. The monoisotopic (exact) mass is 424 g/mol. The molecule has 10 nitrogen and oxygen atoms in total. The molecule has 1 aromatic carbocycles. The highest BCUT2D eigenvalue weighted by Gasteiger charge is 2.45. The van der Waals surface area contributed by atoms with Gasteiger partial charge < -0.3 is 44.2 Å². The van der Waals surface area contributed by atoms with Crippen LogP contribution >= 0.6 is 0 Å². The minimum Gasteiger partial charge on any atom is -0.487 e. The first kappa shape index (κ1) is 21.0. The molecule has 3 heterocycles. The Hall–Kier alpha value is -2.21. The van der Waals surface area contributed by atoms with Crippen LogP contribution in [0.2, 0.25) is 0 Å². The van der Waals surface area contributed by atoms with E-state index in [0.29, 0.717) is 17.6 Å². The van der Waals surface area contributed by atoms with Crippen LogP contribution in [-0.2, 0) is 11.2 Å². The van der Waals surface area contributed by atoms with E-state index in [1.807, 2.05) is 0 Å². The number of benzene rings is 1. The largest absolute Gasteiger partial charge is 0.487 e. The second-order valence-corrected chi connectivity index (χ2v) is 8.17. The quantitative estimate of drug-likeness (QED) is 0.387. The number of hydrogen-bond acceptors (Lipinski definition) is 10. The van der Waals surface area contributed by atoms with E-state index in [2.05, 4.69) is 0 Å². The van der Waals surface area contributed by atoms with Crippen molar-refractivity contribution in [3.8, 4) is 11.5 Å². The molecule has 0 aliphatic carbocycles. The fraction of sp³-hybridized carbons (Fsp3) is 0.550. The Morgan fingerprint density at radius 2 is 1.87 bits per heavy atom. The summed E-state index contributed by atoms with van der Waals surface area (Å²) in [6.45, 7) is 2.67. The molecule has 2 aromatic rings. The SMILES string of the molecule is CC(C)(O)[C@H]1Cc2cc3c(O[C@@H]4O[C@H](CO)[C@@H](O)[C@H](O)[C@H]4O)cc(=O)oc3cc2O1. The summed E-state index contributed by atoms with van der Waals surface area (Å²) in [5, 5.41) is 50.0. The van der Waals surface area contributed by atoms with Crippen LogP contribution in [0.25, 0.3) is 11.0 Å². The molecule has 1 saturated heterocycles. The molecule has 2 aliphatic rings. The van der Waals surface area contributed by atoms with Gasteiger partial charge in [-0.15, -0.1) is 0 Å². The second kappa shape index (κ2) is 7.49. The fourth-order valence-electron chi connectivity index (χ4n) is 3.65. The zero-order valence-corrected chi connectivity index (χ0v) is 16.4. The lowest BCUT2D eigenvalue weighted by atomic mass is 9.97. The molecule has 0 spiro atoms. The van der Waals surface area contributed by atoms with E-state index in [1.54, 1.807) is 19.9 Å². The minimum atomic E-state index is -1.62. The molecule has 1 fully saturated rings. The van der Waals surface area contributed by atoms with Crippen molar-refractivity contribution in [2.45, 2.75) is 62.7 Å². The first-order chi connectivity index (χ1) is 14.1. The van der Waals surface area contributed by atoms with Gasteiger partial charge in [-0.1, -0.05) is 0 Å². The van der Waals surface area contributed by atoms with E-state index < -0.39 is 54.6 Å². The molecule has 0 saturated carbocycles. The number of aliphatic hydroxyl groups is 5. The van der Waals surface area contributed by atoms with E-state index in [9.17, 15) is 30.3 Å². The van der Waals surface area contributed by atoms with Crippen LogP contribution < -0.4 is 15.1 Å². The Morgan fingerprint density at radius 3 is 2.53 bits per heavy atom. The van der Waals surface area contributed by atoms with Gasteiger partial charge >= 0.3 is 5.63 Å². The average molecular weight is 424 g/mol. The van der Waals surface area contributed by atoms with Crippen molar-refractivity contribution in [2.24, 2.45) is 0 Å². The Labute approximate surface area is 170 Å². The summed E-state index contributed by atoms with van der Waals surface area (Å²) in [6.07, 6.45) is -7.41. The van der Waals surface area contributed by atoms with Gasteiger partial charge in [-0.25, -0.2) is 4.79 Å². The third kappa shape index (κ3) is 3.66. The van der Waals surface area contributed by atoms with Gasteiger partial charge in [-0.05, 0) is 25.5 Å². The molecule has 0 radical (unpaired) electrons. The molecule has 4 rings (SSSR count). The van der Waals surface area contributed by atoms with Crippen molar-refractivity contribution in [3.05, 3.63) is 34.2 Å². The smallest absolute Gasteiger partial charge is 0.339 e. The summed E-state index contributed by atoms with van der Waals surface area (Å²) < 4.78 is 22.0. The van der Waals surface area contributed by atoms with E-state index in [1.165, 1.54) is 6.07 Å². The van der Waals surface area contributed by atoms with Crippen molar-refractivity contribution in [1.82, 2.24) is 0 Å². The van der Waals surface area contributed by atoms with Crippen LogP contribution in [0.4, 0.5) is 0 Å². The Kier molecular flexibility index (Phi) is 5.25. The van der Waals surface area contributed by atoms with Crippen LogP contribution in [0, 0.1) is 0 Å². The molecule has 2 aliphatic heterocycles. The van der Waals surface area contributed by atoms with Gasteiger partial charge in [0.2, 0.25) is 6.29 Å². The third-order valence-electron chi connectivity index (χ3n) is 5.44. The maximum absolute atomic E-state index is 12.0. The molecule has 1 aromatic heterocycles. The zero-order valence-electron chi connectivity index (χ0n) is 16.4. The van der Waals surface area contributed by atoms with E-state index in [4.69, 9.17) is 18.6 Å². The van der Waals surface area contributed by atoms with Crippen LogP contribution in [0.1, 0.15) is 19.4 Å². The van der Waals surface area contributed by atoms with E-state index >= 15 is 0 Å². The second-order valence-electron chi connectivity index (χ2n) is 8.17. The van der Waals surface area contributed by atoms with Crippen molar-refractivity contribution in [3.63, 3.8) is 0 Å². The van der Waals surface area contributed by atoms with Crippen LogP contribution in [0.5, 0.6) is 11.5 Å². The summed E-state index contributed by atoms with van der Waals surface area (Å²) in [5.41, 5.74) is -0.875.